The molecule has 10 aromatic rings. The van der Waals surface area contributed by atoms with Crippen molar-refractivity contribution in [2.24, 2.45) is 0 Å². The van der Waals surface area contributed by atoms with Gasteiger partial charge < -0.3 is 18.9 Å². The van der Waals surface area contributed by atoms with Crippen LogP contribution < -0.4 is 18.9 Å². The summed E-state index contributed by atoms with van der Waals surface area (Å²) >= 11 is 0. The molecule has 0 aliphatic rings. The van der Waals surface area contributed by atoms with Gasteiger partial charge in [-0.1, -0.05) is 201 Å². The van der Waals surface area contributed by atoms with E-state index >= 15 is 0 Å². The van der Waals surface area contributed by atoms with Crippen LogP contribution in [0.15, 0.2) is 231 Å². The molecule has 0 atom stereocenters. The van der Waals surface area contributed by atoms with E-state index in [4.69, 9.17) is 18.9 Å². The lowest BCUT2D eigenvalue weighted by Crippen LogP contribution is -1.97. The fraction of sp³-hybridized carbons (Fsp3) is 0.178. The maximum absolute atomic E-state index is 6.75. The van der Waals surface area contributed by atoms with Gasteiger partial charge >= 0.3 is 0 Å². The van der Waals surface area contributed by atoms with Crippen molar-refractivity contribution in [1.82, 2.24) is 0 Å². The molecule has 0 spiro atoms. The van der Waals surface area contributed by atoms with Crippen LogP contribution in [0.2, 0.25) is 0 Å². The Morgan fingerprint density at radius 1 is 0.247 bits per heavy atom. The van der Waals surface area contributed by atoms with Gasteiger partial charge in [0.1, 0.15) is 46.0 Å². The summed E-state index contributed by atoms with van der Waals surface area (Å²) in [5.41, 5.74) is 15.4. The third-order valence-corrected chi connectivity index (χ3v) is 14.3. The van der Waals surface area contributed by atoms with Gasteiger partial charge in [-0.05, 0) is 171 Å². The maximum atomic E-state index is 6.75. The SMILES string of the molecule is CC(C)c1ccc(Oc2ccccc2-c2cc(Cc3cc(-c4ccccc4Oc4ccc(C(C)C)cc4)cc(-c4ccccc4Oc4ccc(C(C)C)cc4)c3)cc(-c3ccccc3Oc3ccc(C(C)C)cc3)c2)cc1. The third-order valence-electron chi connectivity index (χ3n) is 14.3. The third kappa shape index (κ3) is 12.6. The van der Waals surface area contributed by atoms with Gasteiger partial charge in [0.05, 0.1) is 0 Å². The van der Waals surface area contributed by atoms with Gasteiger partial charge in [0.25, 0.3) is 0 Å². The second-order valence-electron chi connectivity index (χ2n) is 21.3. The fourth-order valence-corrected chi connectivity index (χ4v) is 9.81. The maximum Gasteiger partial charge on any atom is 0.135 e. The molecule has 0 fully saturated rings. The number of benzene rings is 10. The van der Waals surface area contributed by atoms with Gasteiger partial charge in [-0.25, -0.2) is 0 Å². The Bertz CT molecular complexity index is 3120. The summed E-state index contributed by atoms with van der Waals surface area (Å²) in [6.45, 7) is 17.7. The largest absolute Gasteiger partial charge is 0.457 e. The highest BCUT2D eigenvalue weighted by molar-refractivity contribution is 5.82. The molecule has 10 rings (SSSR count). The molecule has 0 saturated heterocycles. The number of hydrogen-bond acceptors (Lipinski definition) is 4. The molecular weight excluding hydrogens is 941 g/mol. The Kier molecular flexibility index (Phi) is 15.8. The van der Waals surface area contributed by atoms with Crippen LogP contribution in [0.3, 0.4) is 0 Å². The Morgan fingerprint density at radius 3 is 0.662 bits per heavy atom. The van der Waals surface area contributed by atoms with Crippen LogP contribution in [0.25, 0.3) is 44.5 Å². The molecule has 0 aliphatic heterocycles. The van der Waals surface area contributed by atoms with E-state index in [0.29, 0.717) is 30.1 Å². The summed E-state index contributed by atoms with van der Waals surface area (Å²) in [7, 11) is 0. The zero-order valence-corrected chi connectivity index (χ0v) is 45.6. The summed E-state index contributed by atoms with van der Waals surface area (Å²) in [6, 6.07) is 80.9. The van der Waals surface area contributed by atoms with Crippen molar-refractivity contribution in [2.45, 2.75) is 85.5 Å². The quantitative estimate of drug-likeness (QED) is 0.0858. The van der Waals surface area contributed by atoms with Crippen LogP contribution in [-0.4, -0.2) is 0 Å². The van der Waals surface area contributed by atoms with Crippen LogP contribution in [0.1, 0.15) is 112 Å². The van der Waals surface area contributed by atoms with E-state index in [2.05, 4.69) is 262 Å². The summed E-state index contributed by atoms with van der Waals surface area (Å²) < 4.78 is 27.0. The average molecular weight is 1010 g/mol. The van der Waals surface area contributed by atoms with Gasteiger partial charge in [0.15, 0.2) is 0 Å². The van der Waals surface area contributed by atoms with Crippen LogP contribution in [0.4, 0.5) is 0 Å². The second kappa shape index (κ2) is 23.5. The molecule has 0 aliphatic carbocycles. The van der Waals surface area contributed by atoms with Gasteiger partial charge in [-0.2, -0.15) is 0 Å². The molecule has 0 saturated carbocycles. The van der Waals surface area contributed by atoms with Gasteiger partial charge in [0.2, 0.25) is 0 Å². The van der Waals surface area contributed by atoms with E-state index in [1.165, 1.54) is 22.3 Å². The van der Waals surface area contributed by atoms with Crippen molar-refractivity contribution in [3.05, 3.63) is 264 Å². The predicted octanol–water partition coefficient (Wildman–Crippen LogP) is 21.6. The smallest absolute Gasteiger partial charge is 0.135 e. The first kappa shape index (κ1) is 51.9. The van der Waals surface area contributed by atoms with E-state index in [0.717, 1.165) is 102 Å². The highest BCUT2D eigenvalue weighted by atomic mass is 16.5. The lowest BCUT2D eigenvalue weighted by Gasteiger charge is -2.18. The van der Waals surface area contributed by atoms with Crippen LogP contribution >= 0.6 is 0 Å². The zero-order chi connectivity index (χ0) is 53.4. The van der Waals surface area contributed by atoms with Crippen LogP contribution in [0.5, 0.6) is 46.0 Å². The summed E-state index contributed by atoms with van der Waals surface area (Å²) in [5.74, 6) is 7.96. The minimum Gasteiger partial charge on any atom is -0.457 e. The topological polar surface area (TPSA) is 36.9 Å². The fourth-order valence-electron chi connectivity index (χ4n) is 9.81. The molecule has 4 heteroatoms. The molecule has 4 nitrogen and oxygen atoms in total. The first-order valence-electron chi connectivity index (χ1n) is 27.2. The number of rotatable bonds is 18. The summed E-state index contributed by atoms with van der Waals surface area (Å²) in [4.78, 5) is 0. The molecule has 0 radical (unpaired) electrons. The van der Waals surface area contributed by atoms with Crippen molar-refractivity contribution >= 4 is 0 Å². The number of hydrogen-bond donors (Lipinski definition) is 0. The molecule has 0 N–H and O–H groups in total. The molecule has 0 heterocycles. The highest BCUT2D eigenvalue weighted by Crippen LogP contribution is 2.43. The van der Waals surface area contributed by atoms with Crippen molar-refractivity contribution in [2.75, 3.05) is 0 Å². The Balaban J connectivity index is 1.11. The number of ether oxygens (including phenoxy) is 4. The molecule has 0 bridgehead atoms. The van der Waals surface area contributed by atoms with E-state index in [1.807, 2.05) is 24.3 Å². The lowest BCUT2D eigenvalue weighted by molar-refractivity contribution is 0.483. The Hall–Kier alpha value is -8.60. The van der Waals surface area contributed by atoms with E-state index in [-0.39, 0.29) is 0 Å². The summed E-state index contributed by atoms with van der Waals surface area (Å²) in [5, 5.41) is 0. The molecule has 77 heavy (non-hydrogen) atoms. The van der Waals surface area contributed by atoms with Crippen molar-refractivity contribution < 1.29 is 18.9 Å². The van der Waals surface area contributed by atoms with Crippen LogP contribution in [0, 0.1) is 0 Å². The van der Waals surface area contributed by atoms with Crippen molar-refractivity contribution in [3.63, 3.8) is 0 Å². The Morgan fingerprint density at radius 2 is 0.455 bits per heavy atom. The minimum atomic E-state index is 0.423. The van der Waals surface area contributed by atoms with Gasteiger partial charge in [-0.15, -0.1) is 0 Å². The molecule has 0 unspecified atom stereocenters. The van der Waals surface area contributed by atoms with E-state index in [9.17, 15) is 0 Å². The molecule has 0 aromatic heterocycles. The second-order valence-corrected chi connectivity index (χ2v) is 21.3. The minimum absolute atomic E-state index is 0.423. The lowest BCUT2D eigenvalue weighted by atomic mass is 9.90. The standard InChI is InChI=1S/C73H68O4/c1-48(2)54-25-33-62(34-26-54)74-70-21-13-9-17-66(70)58-42-52(43-59(46-58)67-18-10-14-22-71(67)75-63-35-27-55(28-36-63)49(3)4)41-53-44-60(68-19-11-15-23-72(68)76-64-37-29-56(30-38-64)50(5)6)47-61(45-53)69-20-12-16-24-73(69)77-65-39-31-57(32-40-65)51(7)8/h9-40,42-51H,41H2,1-8H3. The molecule has 0 amide bonds. The van der Waals surface area contributed by atoms with Gasteiger partial charge in [0, 0.05) is 22.3 Å². The highest BCUT2D eigenvalue weighted by Gasteiger charge is 2.18. The van der Waals surface area contributed by atoms with E-state index in [1.54, 1.807) is 0 Å². The molecule has 384 valence electrons. The predicted molar refractivity (Wildman–Crippen MR) is 320 cm³/mol. The first-order valence-corrected chi connectivity index (χ1v) is 27.2. The normalized spacial score (nSPS) is 11.4. The van der Waals surface area contributed by atoms with Crippen molar-refractivity contribution in [1.29, 1.82) is 0 Å². The van der Waals surface area contributed by atoms with Crippen LogP contribution in [-0.2, 0) is 6.42 Å². The monoisotopic (exact) mass is 1010 g/mol. The molecule has 10 aromatic carbocycles. The zero-order valence-electron chi connectivity index (χ0n) is 45.6. The average Bonchev–Trinajstić information content (AvgIpc) is 3.45. The van der Waals surface area contributed by atoms with Crippen molar-refractivity contribution in [3.8, 4) is 90.5 Å². The first-order chi connectivity index (χ1) is 37.4. The Labute approximate surface area is 456 Å². The molecular formula is C73H68O4. The number of para-hydroxylation sites is 4. The van der Waals surface area contributed by atoms with Gasteiger partial charge in [-0.3, -0.25) is 0 Å². The summed E-state index contributed by atoms with van der Waals surface area (Å²) in [6.07, 6.45) is 0.612. The van der Waals surface area contributed by atoms with E-state index < -0.39 is 0 Å².